The highest BCUT2D eigenvalue weighted by Gasteiger charge is 2.24. The van der Waals surface area contributed by atoms with Crippen LogP contribution in [0.1, 0.15) is 36.0 Å². The molecule has 1 aliphatic carbocycles. The Labute approximate surface area is 117 Å². The topological polar surface area (TPSA) is 69.6 Å². The highest BCUT2D eigenvalue weighted by molar-refractivity contribution is 6.20. The third kappa shape index (κ3) is 3.53. The predicted molar refractivity (Wildman–Crippen MR) is 73.7 cm³/mol. The van der Waals surface area contributed by atoms with Gasteiger partial charge < -0.3 is 15.5 Å². The summed E-state index contributed by atoms with van der Waals surface area (Å²) in [4.78, 5) is 11.9. The van der Waals surface area contributed by atoms with E-state index in [4.69, 9.17) is 11.6 Å². The van der Waals surface area contributed by atoms with Gasteiger partial charge in [0.25, 0.3) is 5.91 Å². The van der Waals surface area contributed by atoms with Crippen LogP contribution in [0.3, 0.4) is 0 Å². The Balaban J connectivity index is 1.95. The third-order valence-corrected chi connectivity index (χ3v) is 4.14. The summed E-state index contributed by atoms with van der Waals surface area (Å²) in [5, 5.41) is 21.8. The van der Waals surface area contributed by atoms with Crippen LogP contribution >= 0.6 is 11.6 Å². The molecule has 0 aliphatic heterocycles. The van der Waals surface area contributed by atoms with Crippen LogP contribution in [0.5, 0.6) is 11.5 Å². The first-order valence-corrected chi connectivity index (χ1v) is 6.96. The second kappa shape index (κ2) is 6.15. The lowest BCUT2D eigenvalue weighted by atomic mass is 9.88. The summed E-state index contributed by atoms with van der Waals surface area (Å²) in [7, 11) is 0. The summed E-state index contributed by atoms with van der Waals surface area (Å²) in [6, 6.07) is 3.89. The number of benzene rings is 1. The maximum atomic E-state index is 11.9. The molecule has 0 radical (unpaired) electrons. The lowest BCUT2D eigenvalue weighted by molar-refractivity contribution is 0.0941. The number of phenols is 2. The molecule has 1 amide bonds. The van der Waals surface area contributed by atoms with Crippen LogP contribution in [0, 0.1) is 5.92 Å². The maximum absolute atomic E-state index is 11.9. The number of carbonyl (C=O) groups is 1. The zero-order chi connectivity index (χ0) is 13.8. The molecule has 4 nitrogen and oxygen atoms in total. The quantitative estimate of drug-likeness (QED) is 0.590. The van der Waals surface area contributed by atoms with Crippen LogP contribution < -0.4 is 5.32 Å². The molecule has 1 saturated carbocycles. The molecular formula is C14H18ClNO3. The van der Waals surface area contributed by atoms with Crippen LogP contribution in [0.2, 0.25) is 0 Å². The van der Waals surface area contributed by atoms with E-state index in [1.165, 1.54) is 18.2 Å². The van der Waals surface area contributed by atoms with Crippen molar-refractivity contribution in [1.29, 1.82) is 0 Å². The van der Waals surface area contributed by atoms with E-state index in [1.54, 1.807) is 0 Å². The smallest absolute Gasteiger partial charge is 0.255 e. The molecule has 1 aliphatic rings. The van der Waals surface area contributed by atoms with Crippen molar-refractivity contribution < 1.29 is 15.0 Å². The van der Waals surface area contributed by atoms with Crippen molar-refractivity contribution in [1.82, 2.24) is 5.32 Å². The molecule has 0 aromatic heterocycles. The molecule has 19 heavy (non-hydrogen) atoms. The number of rotatable bonds is 3. The second-order valence-electron chi connectivity index (χ2n) is 4.97. The van der Waals surface area contributed by atoms with E-state index >= 15 is 0 Å². The first-order chi connectivity index (χ1) is 9.08. The van der Waals surface area contributed by atoms with Crippen LogP contribution in [-0.4, -0.2) is 28.0 Å². The van der Waals surface area contributed by atoms with Gasteiger partial charge >= 0.3 is 0 Å². The lowest BCUT2D eigenvalue weighted by Gasteiger charge is -2.27. The molecule has 2 atom stereocenters. The van der Waals surface area contributed by atoms with Crippen LogP contribution in [-0.2, 0) is 0 Å². The number of carbonyl (C=O) groups excluding carboxylic acids is 1. The van der Waals surface area contributed by atoms with Gasteiger partial charge in [-0.15, -0.1) is 11.6 Å². The molecule has 0 bridgehead atoms. The number of nitrogens with one attached hydrogen (secondary N) is 1. The fraction of sp³-hybridized carbons (Fsp3) is 0.500. The maximum Gasteiger partial charge on any atom is 0.255 e. The van der Waals surface area contributed by atoms with Gasteiger partial charge in [-0.1, -0.05) is 12.8 Å². The van der Waals surface area contributed by atoms with Gasteiger partial charge in [-0.2, -0.15) is 0 Å². The fourth-order valence-electron chi connectivity index (χ4n) is 2.42. The number of hydrogen-bond donors (Lipinski definition) is 3. The van der Waals surface area contributed by atoms with Gasteiger partial charge in [-0.05, 0) is 37.0 Å². The SMILES string of the molecule is O=C(NCC1CCCCC1Cl)c1cc(O)ccc1O. The van der Waals surface area contributed by atoms with Crippen molar-refractivity contribution in [3.05, 3.63) is 23.8 Å². The number of halogens is 1. The molecule has 1 fully saturated rings. The van der Waals surface area contributed by atoms with Gasteiger partial charge in [0.05, 0.1) is 5.56 Å². The van der Waals surface area contributed by atoms with Gasteiger partial charge in [0, 0.05) is 11.9 Å². The standard InChI is InChI=1S/C14H18ClNO3/c15-12-4-2-1-3-9(12)8-16-14(19)11-7-10(17)5-6-13(11)18/h5-7,9,12,17-18H,1-4,8H2,(H,16,19). The molecular weight excluding hydrogens is 266 g/mol. The highest BCUT2D eigenvalue weighted by Crippen LogP contribution is 2.28. The Morgan fingerprint density at radius 1 is 1.32 bits per heavy atom. The lowest BCUT2D eigenvalue weighted by Crippen LogP contribution is -2.34. The van der Waals surface area contributed by atoms with E-state index in [1.807, 2.05) is 0 Å². The van der Waals surface area contributed by atoms with Gasteiger partial charge in [-0.3, -0.25) is 4.79 Å². The average Bonchev–Trinajstić information content (AvgIpc) is 2.40. The highest BCUT2D eigenvalue weighted by atomic mass is 35.5. The van der Waals surface area contributed by atoms with Crippen LogP contribution in [0.4, 0.5) is 0 Å². The summed E-state index contributed by atoms with van der Waals surface area (Å²) in [5.41, 5.74) is 0.0851. The molecule has 2 rings (SSSR count). The van der Waals surface area contributed by atoms with Crippen molar-refractivity contribution in [2.45, 2.75) is 31.1 Å². The van der Waals surface area contributed by atoms with Crippen LogP contribution in [0.25, 0.3) is 0 Å². The zero-order valence-electron chi connectivity index (χ0n) is 10.6. The monoisotopic (exact) mass is 283 g/mol. The third-order valence-electron chi connectivity index (χ3n) is 3.57. The fourth-order valence-corrected chi connectivity index (χ4v) is 2.79. The van der Waals surface area contributed by atoms with Gasteiger partial charge in [0.2, 0.25) is 0 Å². The van der Waals surface area contributed by atoms with Crippen LogP contribution in [0.15, 0.2) is 18.2 Å². The molecule has 0 saturated heterocycles. The number of hydrogen-bond acceptors (Lipinski definition) is 3. The van der Waals surface area contributed by atoms with Crippen molar-refractivity contribution >= 4 is 17.5 Å². The van der Waals surface area contributed by atoms with E-state index < -0.39 is 0 Å². The van der Waals surface area contributed by atoms with E-state index in [0.29, 0.717) is 6.54 Å². The second-order valence-corrected chi connectivity index (χ2v) is 5.53. The largest absolute Gasteiger partial charge is 0.508 e. The first-order valence-electron chi connectivity index (χ1n) is 6.52. The van der Waals surface area contributed by atoms with E-state index in [-0.39, 0.29) is 34.3 Å². The predicted octanol–water partition coefficient (Wildman–Crippen LogP) is 2.63. The molecule has 0 spiro atoms. The molecule has 5 heteroatoms. The summed E-state index contributed by atoms with van der Waals surface area (Å²) in [6.45, 7) is 0.502. The summed E-state index contributed by atoms with van der Waals surface area (Å²) in [5.74, 6) is -0.293. The number of phenolic OH excluding ortho intramolecular Hbond substituents is 2. The van der Waals surface area contributed by atoms with Crippen molar-refractivity contribution in [2.75, 3.05) is 6.54 Å². The molecule has 1 aromatic rings. The van der Waals surface area contributed by atoms with Crippen molar-refractivity contribution in [3.8, 4) is 11.5 Å². The van der Waals surface area contributed by atoms with E-state index in [9.17, 15) is 15.0 Å². The first kappa shape index (κ1) is 14.0. The van der Waals surface area contributed by atoms with E-state index in [0.717, 1.165) is 25.7 Å². The molecule has 2 unspecified atom stereocenters. The van der Waals surface area contributed by atoms with Gasteiger partial charge in [-0.25, -0.2) is 0 Å². The summed E-state index contributed by atoms with van der Waals surface area (Å²) >= 11 is 6.23. The minimum atomic E-state index is -0.386. The Morgan fingerprint density at radius 3 is 2.79 bits per heavy atom. The summed E-state index contributed by atoms with van der Waals surface area (Å²) < 4.78 is 0. The van der Waals surface area contributed by atoms with Crippen molar-refractivity contribution in [2.24, 2.45) is 5.92 Å². The minimum absolute atomic E-state index is 0.0455. The van der Waals surface area contributed by atoms with Gasteiger partial charge in [0.1, 0.15) is 11.5 Å². The Hall–Kier alpha value is -1.42. The molecule has 104 valence electrons. The molecule has 3 N–H and O–H groups in total. The van der Waals surface area contributed by atoms with Gasteiger partial charge in [0.15, 0.2) is 0 Å². The Morgan fingerprint density at radius 2 is 2.05 bits per heavy atom. The zero-order valence-corrected chi connectivity index (χ0v) is 11.4. The number of alkyl halides is 1. The number of amides is 1. The number of aromatic hydroxyl groups is 2. The molecule has 0 heterocycles. The van der Waals surface area contributed by atoms with Crippen molar-refractivity contribution in [3.63, 3.8) is 0 Å². The average molecular weight is 284 g/mol. The van der Waals surface area contributed by atoms with E-state index in [2.05, 4.69) is 5.32 Å². The normalized spacial score (nSPS) is 23.0. The summed E-state index contributed by atoms with van der Waals surface area (Å²) in [6.07, 6.45) is 4.28. The molecule has 1 aromatic carbocycles. The Bertz CT molecular complexity index is 464. The Kier molecular flexibility index (Phi) is 4.53. The minimum Gasteiger partial charge on any atom is -0.508 e.